The number of amides is 1. The largest absolute Gasteiger partial charge is 0.339 e. The standard InChI is InChI=1S/C14H16N2O3S/c1-2-8-15-20(18,19)13-7-5-6-12(11-13)14(17)16-9-3-4-10-16/h1,5-7,11,15H,3-4,8-10H2. The number of rotatable bonds is 4. The van der Waals surface area contributed by atoms with Gasteiger partial charge in [-0.25, -0.2) is 8.42 Å². The normalized spacial score (nSPS) is 15.1. The molecule has 0 unspecified atom stereocenters. The van der Waals surface area contributed by atoms with Crippen LogP contribution in [0, 0.1) is 12.3 Å². The Labute approximate surface area is 119 Å². The fourth-order valence-corrected chi connectivity index (χ4v) is 3.10. The number of nitrogens with one attached hydrogen (secondary N) is 1. The number of hydrogen-bond donors (Lipinski definition) is 1. The molecule has 0 radical (unpaired) electrons. The summed E-state index contributed by atoms with van der Waals surface area (Å²) in [6, 6.07) is 6.02. The van der Waals surface area contributed by atoms with Crippen molar-refractivity contribution < 1.29 is 13.2 Å². The van der Waals surface area contributed by atoms with Gasteiger partial charge in [-0.3, -0.25) is 4.79 Å². The summed E-state index contributed by atoms with van der Waals surface area (Å²) in [7, 11) is -3.67. The Morgan fingerprint density at radius 3 is 2.70 bits per heavy atom. The molecular formula is C14H16N2O3S. The van der Waals surface area contributed by atoms with E-state index in [-0.39, 0.29) is 17.3 Å². The molecule has 0 aliphatic carbocycles. The summed E-state index contributed by atoms with van der Waals surface area (Å²) < 4.78 is 26.2. The molecule has 2 rings (SSSR count). The summed E-state index contributed by atoms with van der Waals surface area (Å²) in [5.41, 5.74) is 0.385. The van der Waals surface area contributed by atoms with Gasteiger partial charge in [-0.05, 0) is 31.0 Å². The quantitative estimate of drug-likeness (QED) is 0.836. The first-order valence-electron chi connectivity index (χ1n) is 6.37. The lowest BCUT2D eigenvalue weighted by Gasteiger charge is -2.15. The van der Waals surface area contributed by atoms with Gasteiger partial charge in [0.25, 0.3) is 5.91 Å². The van der Waals surface area contributed by atoms with E-state index < -0.39 is 10.0 Å². The van der Waals surface area contributed by atoms with Crippen LogP contribution < -0.4 is 4.72 Å². The third kappa shape index (κ3) is 3.18. The molecule has 1 aromatic rings. The van der Waals surface area contributed by atoms with Crippen molar-refractivity contribution in [2.75, 3.05) is 19.6 Å². The average Bonchev–Trinajstić information content (AvgIpc) is 2.99. The van der Waals surface area contributed by atoms with Crippen LogP contribution >= 0.6 is 0 Å². The lowest BCUT2D eigenvalue weighted by molar-refractivity contribution is 0.0792. The highest BCUT2D eigenvalue weighted by molar-refractivity contribution is 7.89. The first kappa shape index (κ1) is 14.6. The van der Waals surface area contributed by atoms with Gasteiger partial charge in [0.1, 0.15) is 0 Å². The molecule has 1 aliphatic heterocycles. The molecule has 1 heterocycles. The summed E-state index contributed by atoms with van der Waals surface area (Å²) in [5, 5.41) is 0. The average molecular weight is 292 g/mol. The van der Waals surface area contributed by atoms with E-state index in [1.807, 2.05) is 0 Å². The maximum Gasteiger partial charge on any atom is 0.253 e. The first-order chi connectivity index (χ1) is 9.54. The molecule has 0 atom stereocenters. The molecule has 0 saturated carbocycles. The van der Waals surface area contributed by atoms with Crippen molar-refractivity contribution in [1.82, 2.24) is 9.62 Å². The van der Waals surface area contributed by atoms with Crippen LogP contribution in [-0.2, 0) is 10.0 Å². The Balaban J connectivity index is 2.24. The molecule has 1 saturated heterocycles. The van der Waals surface area contributed by atoms with Gasteiger partial charge in [0.2, 0.25) is 10.0 Å². The summed E-state index contributed by atoms with van der Waals surface area (Å²) in [6.07, 6.45) is 7.02. The van der Waals surface area contributed by atoms with Crippen molar-refractivity contribution in [3.05, 3.63) is 29.8 Å². The molecule has 6 heteroatoms. The summed E-state index contributed by atoms with van der Waals surface area (Å²) in [4.78, 5) is 14.0. The molecule has 0 bridgehead atoms. The van der Waals surface area contributed by atoms with E-state index in [1.54, 1.807) is 17.0 Å². The Bertz CT molecular complexity index is 641. The predicted octanol–water partition coefficient (Wildman–Crippen LogP) is 0.834. The Morgan fingerprint density at radius 1 is 1.35 bits per heavy atom. The second kappa shape index (κ2) is 6.07. The number of nitrogens with zero attached hydrogens (tertiary/aromatic N) is 1. The van der Waals surface area contributed by atoms with E-state index in [1.165, 1.54) is 12.1 Å². The van der Waals surface area contributed by atoms with Crippen LogP contribution in [0.1, 0.15) is 23.2 Å². The lowest BCUT2D eigenvalue weighted by atomic mass is 10.2. The SMILES string of the molecule is C#CCNS(=O)(=O)c1cccc(C(=O)N2CCCC2)c1. The van der Waals surface area contributed by atoms with E-state index in [9.17, 15) is 13.2 Å². The molecule has 1 aromatic carbocycles. The Hall–Kier alpha value is -1.84. The van der Waals surface area contributed by atoms with E-state index in [2.05, 4.69) is 10.6 Å². The number of carbonyl (C=O) groups excluding carboxylic acids is 1. The third-order valence-electron chi connectivity index (χ3n) is 3.15. The second-order valence-corrected chi connectivity index (χ2v) is 6.32. The predicted molar refractivity (Wildman–Crippen MR) is 75.6 cm³/mol. The van der Waals surface area contributed by atoms with Crippen molar-refractivity contribution in [2.24, 2.45) is 0 Å². The zero-order valence-electron chi connectivity index (χ0n) is 11.0. The fourth-order valence-electron chi connectivity index (χ4n) is 2.12. The highest BCUT2D eigenvalue weighted by atomic mass is 32.2. The van der Waals surface area contributed by atoms with Gasteiger partial charge in [0, 0.05) is 18.7 Å². The smallest absolute Gasteiger partial charge is 0.253 e. The summed E-state index contributed by atoms with van der Waals surface area (Å²) in [6.45, 7) is 1.38. The minimum absolute atomic E-state index is 0.0535. The zero-order valence-corrected chi connectivity index (χ0v) is 11.8. The number of terminal acetylenes is 1. The van der Waals surface area contributed by atoms with Gasteiger partial charge in [-0.2, -0.15) is 4.72 Å². The van der Waals surface area contributed by atoms with Crippen LogP contribution in [0.2, 0.25) is 0 Å². The number of sulfonamides is 1. The van der Waals surface area contributed by atoms with Gasteiger partial charge in [-0.1, -0.05) is 12.0 Å². The van der Waals surface area contributed by atoms with Crippen LogP contribution in [0.3, 0.4) is 0 Å². The number of benzene rings is 1. The Kier molecular flexibility index (Phi) is 4.42. The van der Waals surface area contributed by atoms with E-state index in [4.69, 9.17) is 6.42 Å². The van der Waals surface area contributed by atoms with Crippen LogP contribution in [-0.4, -0.2) is 38.9 Å². The van der Waals surface area contributed by atoms with Gasteiger partial charge < -0.3 is 4.90 Å². The molecule has 1 N–H and O–H groups in total. The number of carbonyl (C=O) groups is 1. The first-order valence-corrected chi connectivity index (χ1v) is 7.85. The molecule has 1 aliphatic rings. The molecule has 20 heavy (non-hydrogen) atoms. The highest BCUT2D eigenvalue weighted by Crippen LogP contribution is 2.16. The zero-order chi connectivity index (χ0) is 14.6. The minimum atomic E-state index is -3.67. The molecular weight excluding hydrogens is 276 g/mol. The summed E-state index contributed by atoms with van der Waals surface area (Å²) >= 11 is 0. The van der Waals surface area contributed by atoms with Crippen molar-refractivity contribution in [3.63, 3.8) is 0 Å². The van der Waals surface area contributed by atoms with Crippen molar-refractivity contribution >= 4 is 15.9 Å². The monoisotopic (exact) mass is 292 g/mol. The molecule has 5 nitrogen and oxygen atoms in total. The van der Waals surface area contributed by atoms with E-state index in [0.717, 1.165) is 25.9 Å². The van der Waals surface area contributed by atoms with Crippen molar-refractivity contribution in [1.29, 1.82) is 0 Å². The van der Waals surface area contributed by atoms with Gasteiger partial charge >= 0.3 is 0 Å². The van der Waals surface area contributed by atoms with E-state index >= 15 is 0 Å². The van der Waals surface area contributed by atoms with Crippen LogP contribution in [0.4, 0.5) is 0 Å². The van der Waals surface area contributed by atoms with E-state index in [0.29, 0.717) is 5.56 Å². The molecule has 0 spiro atoms. The van der Waals surface area contributed by atoms with Gasteiger partial charge in [0.05, 0.1) is 11.4 Å². The van der Waals surface area contributed by atoms with Crippen LogP contribution in [0.25, 0.3) is 0 Å². The number of likely N-dealkylation sites (tertiary alicyclic amines) is 1. The van der Waals surface area contributed by atoms with Crippen LogP contribution in [0.5, 0.6) is 0 Å². The maximum atomic E-state index is 12.2. The fraction of sp³-hybridized carbons (Fsp3) is 0.357. The molecule has 1 amide bonds. The highest BCUT2D eigenvalue weighted by Gasteiger charge is 2.21. The second-order valence-electron chi connectivity index (χ2n) is 4.56. The molecule has 0 aromatic heterocycles. The maximum absolute atomic E-state index is 12.2. The van der Waals surface area contributed by atoms with Crippen LogP contribution in [0.15, 0.2) is 29.2 Å². The topological polar surface area (TPSA) is 66.5 Å². The lowest BCUT2D eigenvalue weighted by Crippen LogP contribution is -2.28. The molecule has 106 valence electrons. The van der Waals surface area contributed by atoms with Gasteiger partial charge in [-0.15, -0.1) is 6.42 Å². The molecule has 1 fully saturated rings. The van der Waals surface area contributed by atoms with Gasteiger partial charge in [0.15, 0.2) is 0 Å². The number of hydrogen-bond acceptors (Lipinski definition) is 3. The summed E-state index contributed by atoms with van der Waals surface area (Å²) in [5.74, 6) is 2.08. The van der Waals surface area contributed by atoms with Crippen molar-refractivity contribution in [2.45, 2.75) is 17.7 Å². The minimum Gasteiger partial charge on any atom is -0.339 e. The third-order valence-corrected chi connectivity index (χ3v) is 4.55. The Morgan fingerprint density at radius 2 is 2.05 bits per heavy atom. The van der Waals surface area contributed by atoms with Crippen molar-refractivity contribution in [3.8, 4) is 12.3 Å².